The molecule has 644 valence electrons. The molecule has 8 aromatic heterocycles. The van der Waals surface area contributed by atoms with Gasteiger partial charge in [0.25, 0.3) is 35.1 Å². The number of nitrogens with zero attached hydrogens (tertiary/aromatic N) is 10. The normalized spacial score (nSPS) is 14.4. The number of rotatable bonds is 50. The first-order valence-corrected chi connectivity index (χ1v) is 39.8. The minimum Gasteiger partial charge on any atom is -0.464 e. The Bertz CT molecular complexity index is 4730. The SMILES string of the molecule is Cc1cc2c(-c3ccco3)cnc(NC3CCN(CCOCCOCCOCCOCCOCCOCCOCCOCCNC(=O)CCNC(=O)c4nc(NC(=O)CCNC(=O)c5cc(NC(=O)c6nc(NC(=O)CCNC(=O)c7cc(NC(=O)c8nccn8C)cn7C)cn6C)cn5C)cn4C)C[C@H]3C(=O)NC3CCCCC3)c2[nH]c1=O. The molecule has 1 saturated carbocycles. The summed E-state index contributed by atoms with van der Waals surface area (Å²) in [6.07, 6.45) is 18.3. The zero-order valence-corrected chi connectivity index (χ0v) is 68.1. The van der Waals surface area contributed by atoms with Gasteiger partial charge in [-0.25, -0.2) is 19.9 Å². The van der Waals surface area contributed by atoms with Crippen molar-refractivity contribution in [1.29, 1.82) is 0 Å². The van der Waals surface area contributed by atoms with Crippen LogP contribution in [0.2, 0.25) is 0 Å². The molecule has 1 saturated heterocycles. The van der Waals surface area contributed by atoms with Crippen LogP contribution >= 0.6 is 0 Å². The molecule has 119 heavy (non-hydrogen) atoms. The van der Waals surface area contributed by atoms with E-state index >= 15 is 0 Å². The van der Waals surface area contributed by atoms with Crippen LogP contribution < -0.4 is 58.7 Å². The zero-order chi connectivity index (χ0) is 84.4. The Labute approximate surface area is 686 Å². The van der Waals surface area contributed by atoms with Gasteiger partial charge in [-0.15, -0.1) is 0 Å². The van der Waals surface area contributed by atoms with Crippen molar-refractivity contribution in [1.82, 2.24) is 79.2 Å². The number of nitrogens with one attached hydrogen (secondary N) is 11. The van der Waals surface area contributed by atoms with E-state index in [1.54, 1.807) is 71.6 Å². The second-order valence-corrected chi connectivity index (χ2v) is 28.6. The number of fused-ring (bicyclic) bond motifs is 1. The Kier molecular flexibility index (Phi) is 35.2. The van der Waals surface area contributed by atoms with Gasteiger partial charge in [-0.05, 0) is 56.5 Å². The molecule has 10 rings (SSSR count). The first-order valence-electron chi connectivity index (χ1n) is 39.8. The standard InChI is InChI=1S/C79H109N21O19/c1-52-43-56-57(62-13-10-26-119-62)46-85-69(68(56)94-73(52)104)89-59-17-23-100(49-58(59)74(105)86-53-11-8-7-9-12-53)25-28-112-30-32-114-34-36-116-38-40-118-42-41-117-39-37-115-35-33-113-31-29-111-27-22-80-65(101)14-18-84-77(108)71-92-63(50-98(71)5)90-66(102)15-19-83-76(107)61-45-55(48-97(61)4)88-79(110)72-93-64(51-99(72)6)91-67(103)16-20-82-75(106)60-44-54(47-96(60)3)87-78(109)70-81-21-24-95(70)2/h10,13,21,24,26,43-48,50-51,53,58-59H,7-9,11-12,14-20,22-23,25,27-42,49H2,1-6H3,(H,80,101)(H,82,106)(H,83,107)(H,84,108)(H,85,89)(H,86,105)(H,87,109)(H,88,110)(H,90,102)(H,91,103)(H,94,104)/t58-,59?/m1/s1. The first-order chi connectivity index (χ1) is 57.6. The molecule has 11 N–H and O–H groups in total. The lowest BCUT2D eigenvalue weighted by Gasteiger charge is -2.39. The Hall–Kier alpha value is -11.5. The molecular weight excluding hydrogens is 1550 g/mol. The summed E-state index contributed by atoms with van der Waals surface area (Å²) < 4.78 is 58.2. The van der Waals surface area contributed by atoms with E-state index in [1.165, 1.54) is 61.6 Å². The van der Waals surface area contributed by atoms with Gasteiger partial charge in [0.1, 0.15) is 17.1 Å². The number of piperidine rings is 1. The number of carbonyl (C=O) groups is 9. The maximum absolute atomic E-state index is 14.0. The molecule has 1 aliphatic carbocycles. The van der Waals surface area contributed by atoms with Crippen LogP contribution in [0.1, 0.15) is 116 Å². The summed E-state index contributed by atoms with van der Waals surface area (Å²) in [6.45, 7) is 10.2. The number of aromatic amines is 1. The van der Waals surface area contributed by atoms with E-state index in [2.05, 4.69) is 78.0 Å². The van der Waals surface area contributed by atoms with Crippen molar-refractivity contribution in [2.45, 2.75) is 76.8 Å². The largest absolute Gasteiger partial charge is 0.464 e. The van der Waals surface area contributed by atoms with Gasteiger partial charge in [0.05, 0.1) is 135 Å². The van der Waals surface area contributed by atoms with Crippen LogP contribution in [0.4, 0.5) is 28.8 Å². The van der Waals surface area contributed by atoms with Crippen molar-refractivity contribution in [3.63, 3.8) is 0 Å². The van der Waals surface area contributed by atoms with E-state index in [4.69, 9.17) is 47.3 Å². The quantitative estimate of drug-likeness (QED) is 0.0244. The summed E-state index contributed by atoms with van der Waals surface area (Å²) in [5, 5.41) is 29.1. The number of amides is 9. The van der Waals surface area contributed by atoms with E-state index in [0.29, 0.717) is 147 Å². The van der Waals surface area contributed by atoms with Crippen LogP contribution in [0, 0.1) is 12.8 Å². The molecule has 40 nitrogen and oxygen atoms in total. The fraction of sp³-hybridized carbons (Fsp3) is 0.519. The summed E-state index contributed by atoms with van der Waals surface area (Å²) in [5.74, 6) is -2.80. The number of aromatic nitrogens is 10. The molecule has 8 aromatic rings. The highest BCUT2D eigenvalue weighted by Crippen LogP contribution is 2.33. The summed E-state index contributed by atoms with van der Waals surface area (Å²) in [5.41, 5.74) is 2.78. The molecule has 40 heteroatoms. The van der Waals surface area contributed by atoms with E-state index in [1.807, 2.05) is 18.2 Å². The molecule has 2 atom stereocenters. The number of anilines is 5. The second-order valence-electron chi connectivity index (χ2n) is 28.6. The molecule has 9 heterocycles. The van der Waals surface area contributed by atoms with Crippen molar-refractivity contribution in [3.05, 3.63) is 125 Å². The van der Waals surface area contributed by atoms with Crippen molar-refractivity contribution in [3.8, 4) is 11.3 Å². The van der Waals surface area contributed by atoms with E-state index in [-0.39, 0.29) is 134 Å². The number of ether oxygens (including phenoxy) is 8. The molecule has 0 bridgehead atoms. The Morgan fingerprint density at radius 3 is 1.55 bits per heavy atom. The van der Waals surface area contributed by atoms with Crippen LogP contribution in [-0.2, 0) is 92.3 Å². The van der Waals surface area contributed by atoms with Crippen molar-refractivity contribution < 1.29 is 85.5 Å². The lowest BCUT2D eigenvalue weighted by molar-refractivity contribution is -0.128. The Morgan fingerprint density at radius 2 is 1.03 bits per heavy atom. The Morgan fingerprint density at radius 1 is 0.521 bits per heavy atom. The van der Waals surface area contributed by atoms with Gasteiger partial charge in [-0.2, -0.15) is 0 Å². The van der Waals surface area contributed by atoms with Gasteiger partial charge in [0.2, 0.25) is 35.3 Å². The van der Waals surface area contributed by atoms with E-state index in [9.17, 15) is 47.9 Å². The number of H-pyrrole nitrogens is 1. The molecule has 2 aliphatic rings. The van der Waals surface area contributed by atoms with Crippen LogP contribution in [0.5, 0.6) is 0 Å². The van der Waals surface area contributed by atoms with Crippen LogP contribution in [0.3, 0.4) is 0 Å². The second kappa shape index (κ2) is 46.6. The lowest BCUT2D eigenvalue weighted by Crippen LogP contribution is -2.54. The van der Waals surface area contributed by atoms with Gasteiger partial charge < -0.3 is 128 Å². The zero-order valence-electron chi connectivity index (χ0n) is 68.1. The van der Waals surface area contributed by atoms with Gasteiger partial charge in [0.15, 0.2) is 23.3 Å². The number of aryl methyl sites for hydroxylation is 6. The Balaban J connectivity index is 0.477. The monoisotopic (exact) mass is 1660 g/mol. The molecule has 0 radical (unpaired) electrons. The smallest absolute Gasteiger partial charge is 0.291 e. The minimum atomic E-state index is -0.640. The summed E-state index contributed by atoms with van der Waals surface area (Å²) in [4.78, 5) is 152. The van der Waals surface area contributed by atoms with Gasteiger partial charge in [-0.3, -0.25) is 47.9 Å². The third-order valence-electron chi connectivity index (χ3n) is 19.5. The van der Waals surface area contributed by atoms with Crippen molar-refractivity contribution in [2.75, 3.05) is 178 Å². The fourth-order valence-electron chi connectivity index (χ4n) is 13.3. The third-order valence-corrected chi connectivity index (χ3v) is 19.5. The maximum atomic E-state index is 14.0. The average molecular weight is 1660 g/mol. The maximum Gasteiger partial charge on any atom is 0.291 e. The number of hydrogen-bond donors (Lipinski definition) is 11. The lowest BCUT2D eigenvalue weighted by atomic mass is 9.89. The summed E-state index contributed by atoms with van der Waals surface area (Å²) in [7, 11) is 8.04. The highest BCUT2D eigenvalue weighted by Gasteiger charge is 2.36. The summed E-state index contributed by atoms with van der Waals surface area (Å²) >= 11 is 0. The highest BCUT2D eigenvalue weighted by atomic mass is 16.6. The van der Waals surface area contributed by atoms with Gasteiger partial charge in [-0.1, -0.05) is 19.3 Å². The van der Waals surface area contributed by atoms with Crippen molar-refractivity contribution >= 4 is 92.9 Å². The van der Waals surface area contributed by atoms with Crippen LogP contribution in [0.15, 0.2) is 89.2 Å². The summed E-state index contributed by atoms with van der Waals surface area (Å²) in [6, 6.07) is 8.43. The number of likely N-dealkylation sites (tertiary alicyclic amines) is 1. The van der Waals surface area contributed by atoms with Gasteiger partial charge in [0, 0.05) is 172 Å². The van der Waals surface area contributed by atoms with Crippen molar-refractivity contribution in [2.24, 2.45) is 41.2 Å². The van der Waals surface area contributed by atoms with E-state index in [0.717, 1.165) is 43.2 Å². The number of imidazole rings is 3. The number of hydrogen-bond acceptors (Lipinski definition) is 25. The van der Waals surface area contributed by atoms with E-state index < -0.39 is 41.4 Å². The third kappa shape index (κ3) is 28.1. The molecule has 0 spiro atoms. The highest BCUT2D eigenvalue weighted by molar-refractivity contribution is 6.05. The topological polar surface area (TPSA) is 473 Å². The molecule has 1 unspecified atom stereocenters. The number of carbonyl (C=O) groups excluding carboxylic acids is 9. The average Bonchev–Trinajstić information content (AvgIpc) is 1.24. The van der Waals surface area contributed by atoms with Crippen LogP contribution in [0.25, 0.3) is 22.2 Å². The molecule has 1 aliphatic heterocycles. The number of furan rings is 1. The molecule has 0 aromatic carbocycles. The molecule has 2 fully saturated rings. The molecular formula is C79H109N21O19. The predicted molar refractivity (Wildman–Crippen MR) is 436 cm³/mol. The fourth-order valence-corrected chi connectivity index (χ4v) is 13.3. The van der Waals surface area contributed by atoms with Gasteiger partial charge >= 0.3 is 0 Å². The number of pyridine rings is 2. The predicted octanol–water partition coefficient (Wildman–Crippen LogP) is 3.01. The molecule has 9 amide bonds. The first kappa shape index (κ1) is 89.8. The van der Waals surface area contributed by atoms with Crippen LogP contribution in [-0.4, -0.2) is 269 Å². The minimum absolute atomic E-state index is 0.00622.